The molecule has 0 spiro atoms. The number of hydrogen-bond acceptors (Lipinski definition) is 3. The maximum Gasteiger partial charge on any atom is 0.254 e. The van der Waals surface area contributed by atoms with Crippen molar-refractivity contribution in [1.29, 1.82) is 0 Å². The van der Waals surface area contributed by atoms with Crippen LogP contribution in [0.1, 0.15) is 17.3 Å². The fourth-order valence-electron chi connectivity index (χ4n) is 2.25. The van der Waals surface area contributed by atoms with Gasteiger partial charge in [-0.05, 0) is 37.3 Å². The molecule has 22 heavy (non-hydrogen) atoms. The molecule has 0 radical (unpaired) electrons. The second-order valence-corrected chi connectivity index (χ2v) is 5.31. The summed E-state index contributed by atoms with van der Waals surface area (Å²) in [5.41, 5.74) is 1.07. The Morgan fingerprint density at radius 1 is 1.32 bits per heavy atom. The van der Waals surface area contributed by atoms with Crippen molar-refractivity contribution in [3.8, 4) is 0 Å². The van der Waals surface area contributed by atoms with E-state index in [1.807, 2.05) is 6.92 Å². The van der Waals surface area contributed by atoms with Crippen molar-refractivity contribution < 1.29 is 14.4 Å². The molecule has 6 heteroatoms. The summed E-state index contributed by atoms with van der Waals surface area (Å²) in [5.74, 6) is -0.561. The predicted molar refractivity (Wildman–Crippen MR) is 83.4 cm³/mol. The lowest BCUT2D eigenvalue weighted by Gasteiger charge is -2.37. The van der Waals surface area contributed by atoms with Gasteiger partial charge in [0, 0.05) is 30.9 Å². The molecule has 1 aliphatic heterocycles. The molecule has 0 bridgehead atoms. The lowest BCUT2D eigenvalue weighted by molar-refractivity contribution is -0.136. The molecule has 1 aliphatic rings. The van der Waals surface area contributed by atoms with E-state index in [9.17, 15) is 14.4 Å². The fraction of sp³-hybridized carbons (Fsp3) is 0.312. The van der Waals surface area contributed by atoms with Crippen molar-refractivity contribution in [1.82, 2.24) is 9.80 Å². The van der Waals surface area contributed by atoms with Gasteiger partial charge in [-0.15, -0.1) is 0 Å². The molecule has 0 aromatic heterocycles. The number of benzene rings is 1. The molecule has 1 heterocycles. The van der Waals surface area contributed by atoms with Crippen LogP contribution in [0.3, 0.4) is 0 Å². The first-order valence-corrected chi connectivity index (χ1v) is 7.00. The Hall–Kier alpha value is -2.63. The van der Waals surface area contributed by atoms with Crippen LogP contribution in [0.2, 0.25) is 0 Å². The molecule has 1 unspecified atom stereocenters. The van der Waals surface area contributed by atoms with Gasteiger partial charge in [0.25, 0.3) is 5.91 Å². The fourth-order valence-corrected chi connectivity index (χ4v) is 2.25. The molecular weight excluding hydrogens is 282 g/mol. The summed E-state index contributed by atoms with van der Waals surface area (Å²) in [6.45, 7) is 5.89. The van der Waals surface area contributed by atoms with Gasteiger partial charge in [0.15, 0.2) is 0 Å². The summed E-state index contributed by atoms with van der Waals surface area (Å²) < 4.78 is 0. The summed E-state index contributed by atoms with van der Waals surface area (Å²) >= 11 is 0. The van der Waals surface area contributed by atoms with Gasteiger partial charge in [0.1, 0.15) is 6.54 Å². The summed E-state index contributed by atoms with van der Waals surface area (Å²) in [5, 5.41) is 2.61. The first kappa shape index (κ1) is 15.8. The summed E-state index contributed by atoms with van der Waals surface area (Å²) in [6, 6.07) is 6.56. The van der Waals surface area contributed by atoms with Gasteiger partial charge in [-0.1, -0.05) is 6.58 Å². The highest BCUT2D eigenvalue weighted by atomic mass is 16.2. The van der Waals surface area contributed by atoms with Gasteiger partial charge in [-0.3, -0.25) is 14.4 Å². The highest BCUT2D eigenvalue weighted by Crippen LogP contribution is 2.15. The van der Waals surface area contributed by atoms with Crippen molar-refractivity contribution in [2.24, 2.45) is 0 Å². The molecule has 1 aromatic carbocycles. The first-order chi connectivity index (χ1) is 10.4. The minimum Gasteiger partial charge on any atom is -0.340 e. The Bertz CT molecular complexity index is 610. The number of amides is 3. The first-order valence-electron chi connectivity index (χ1n) is 7.00. The molecule has 1 atom stereocenters. The molecule has 116 valence electrons. The molecule has 3 amide bonds. The molecule has 1 saturated heterocycles. The van der Waals surface area contributed by atoms with Crippen molar-refractivity contribution >= 4 is 23.4 Å². The van der Waals surface area contributed by atoms with Gasteiger partial charge in [0.05, 0.1) is 0 Å². The summed E-state index contributed by atoms with van der Waals surface area (Å²) in [4.78, 5) is 38.7. The molecule has 1 fully saturated rings. The van der Waals surface area contributed by atoms with E-state index in [-0.39, 0.29) is 30.3 Å². The third-order valence-electron chi connectivity index (χ3n) is 3.74. The van der Waals surface area contributed by atoms with E-state index in [4.69, 9.17) is 0 Å². The lowest BCUT2D eigenvalue weighted by Crippen LogP contribution is -2.55. The van der Waals surface area contributed by atoms with Crippen LogP contribution >= 0.6 is 0 Å². The van der Waals surface area contributed by atoms with Crippen LogP contribution in [0.15, 0.2) is 36.9 Å². The van der Waals surface area contributed by atoms with Gasteiger partial charge >= 0.3 is 0 Å². The van der Waals surface area contributed by atoms with Crippen molar-refractivity contribution in [2.75, 3.05) is 25.5 Å². The van der Waals surface area contributed by atoms with E-state index < -0.39 is 0 Å². The number of nitrogens with zero attached hydrogens (tertiary/aromatic N) is 2. The van der Waals surface area contributed by atoms with Gasteiger partial charge < -0.3 is 15.1 Å². The topological polar surface area (TPSA) is 69.7 Å². The molecule has 1 N–H and O–H groups in total. The van der Waals surface area contributed by atoms with Gasteiger partial charge in [0.2, 0.25) is 11.8 Å². The Kier molecular flexibility index (Phi) is 4.60. The summed E-state index contributed by atoms with van der Waals surface area (Å²) in [6.07, 6.45) is 1.18. The van der Waals surface area contributed by atoms with Gasteiger partial charge in [-0.2, -0.15) is 0 Å². The zero-order valence-corrected chi connectivity index (χ0v) is 12.7. The number of hydrogen-bond donors (Lipinski definition) is 1. The zero-order valence-electron chi connectivity index (χ0n) is 12.7. The van der Waals surface area contributed by atoms with Crippen LogP contribution in [0.5, 0.6) is 0 Å². The number of nitrogens with one attached hydrogen (secondary N) is 1. The Balaban J connectivity index is 2.08. The van der Waals surface area contributed by atoms with Crippen LogP contribution in [0, 0.1) is 0 Å². The minimum atomic E-state index is -0.308. The number of rotatable bonds is 3. The highest BCUT2D eigenvalue weighted by Gasteiger charge is 2.30. The van der Waals surface area contributed by atoms with Crippen molar-refractivity contribution in [3.05, 3.63) is 42.5 Å². The quantitative estimate of drug-likeness (QED) is 0.850. The van der Waals surface area contributed by atoms with Crippen LogP contribution < -0.4 is 5.32 Å². The number of piperazine rings is 1. The zero-order chi connectivity index (χ0) is 16.3. The number of anilines is 1. The standard InChI is InChI=1S/C16H19N3O3/c1-4-14(20)17-13-7-5-12(6-8-13)16(22)19-9-11(2)18(3)15(21)10-19/h4-8,11H,1,9-10H2,2-3H3,(H,17,20). The van der Waals surface area contributed by atoms with E-state index >= 15 is 0 Å². The predicted octanol–water partition coefficient (Wildman–Crippen LogP) is 1.11. The van der Waals surface area contributed by atoms with E-state index in [0.29, 0.717) is 17.8 Å². The summed E-state index contributed by atoms with van der Waals surface area (Å²) in [7, 11) is 1.74. The van der Waals surface area contributed by atoms with Crippen LogP contribution in [-0.4, -0.2) is 53.7 Å². The lowest BCUT2D eigenvalue weighted by atomic mass is 10.1. The Morgan fingerprint density at radius 3 is 2.50 bits per heavy atom. The third-order valence-corrected chi connectivity index (χ3v) is 3.74. The number of carbonyl (C=O) groups is 3. The minimum absolute atomic E-state index is 0.00338. The average Bonchev–Trinajstić information content (AvgIpc) is 2.52. The van der Waals surface area contributed by atoms with E-state index in [1.54, 1.807) is 41.1 Å². The second kappa shape index (κ2) is 6.43. The molecule has 1 aromatic rings. The molecule has 0 aliphatic carbocycles. The third kappa shape index (κ3) is 3.33. The molecule has 2 rings (SSSR count). The number of carbonyl (C=O) groups excluding carboxylic acids is 3. The maximum atomic E-state index is 12.4. The van der Waals surface area contributed by atoms with E-state index in [0.717, 1.165) is 0 Å². The van der Waals surface area contributed by atoms with Gasteiger partial charge in [-0.25, -0.2) is 0 Å². The monoisotopic (exact) mass is 301 g/mol. The largest absolute Gasteiger partial charge is 0.340 e. The average molecular weight is 301 g/mol. The van der Waals surface area contributed by atoms with Crippen molar-refractivity contribution in [2.45, 2.75) is 13.0 Å². The van der Waals surface area contributed by atoms with Crippen LogP contribution in [0.25, 0.3) is 0 Å². The van der Waals surface area contributed by atoms with E-state index in [1.165, 1.54) is 6.08 Å². The van der Waals surface area contributed by atoms with E-state index in [2.05, 4.69) is 11.9 Å². The van der Waals surface area contributed by atoms with Crippen LogP contribution in [0.4, 0.5) is 5.69 Å². The Morgan fingerprint density at radius 2 is 1.95 bits per heavy atom. The molecule has 0 saturated carbocycles. The molecule has 6 nitrogen and oxygen atoms in total. The molecular formula is C16H19N3O3. The van der Waals surface area contributed by atoms with Crippen molar-refractivity contribution in [3.63, 3.8) is 0 Å². The second-order valence-electron chi connectivity index (χ2n) is 5.31. The van der Waals surface area contributed by atoms with Crippen LogP contribution in [-0.2, 0) is 9.59 Å². The SMILES string of the molecule is C=CC(=O)Nc1ccc(C(=O)N2CC(=O)N(C)C(C)C2)cc1. The Labute approximate surface area is 129 Å². The maximum absolute atomic E-state index is 12.4. The normalized spacial score (nSPS) is 18.1. The highest BCUT2D eigenvalue weighted by molar-refractivity contribution is 6.00. The smallest absolute Gasteiger partial charge is 0.254 e. The number of likely N-dealkylation sites (N-methyl/N-ethyl adjacent to an activating group) is 1.